The average Bonchev–Trinajstić information content (AvgIpc) is 2.46. The minimum Gasteiger partial charge on any atom is -0.390 e. The van der Waals surface area contributed by atoms with E-state index in [9.17, 15) is 18.7 Å². The molecule has 1 atom stereocenters. The maximum Gasteiger partial charge on any atom is 0.256 e. The van der Waals surface area contributed by atoms with Gasteiger partial charge in [-0.2, -0.15) is 0 Å². The second-order valence-corrected chi connectivity index (χ2v) is 6.87. The normalized spacial score (nSPS) is 27.2. The van der Waals surface area contributed by atoms with E-state index in [-0.39, 0.29) is 5.56 Å². The van der Waals surface area contributed by atoms with Crippen LogP contribution in [0.25, 0.3) is 0 Å². The summed E-state index contributed by atoms with van der Waals surface area (Å²) in [5, 5.41) is 10.3. The Hall–Kier alpha value is -1.53. The summed E-state index contributed by atoms with van der Waals surface area (Å²) in [4.78, 5) is 14.0. The van der Waals surface area contributed by atoms with Crippen LogP contribution >= 0.6 is 0 Å². The molecule has 1 amide bonds. The van der Waals surface area contributed by atoms with Crippen LogP contribution in [-0.4, -0.2) is 46.8 Å². The van der Waals surface area contributed by atoms with Crippen molar-refractivity contribution in [2.75, 3.05) is 19.7 Å². The van der Waals surface area contributed by atoms with Gasteiger partial charge in [0.25, 0.3) is 5.91 Å². The van der Waals surface area contributed by atoms with Crippen LogP contribution in [0.1, 0.15) is 43.0 Å². The van der Waals surface area contributed by atoms with Gasteiger partial charge in [-0.1, -0.05) is 0 Å². The van der Waals surface area contributed by atoms with E-state index < -0.39 is 28.7 Å². The van der Waals surface area contributed by atoms with Gasteiger partial charge >= 0.3 is 0 Å². The fourth-order valence-corrected chi connectivity index (χ4v) is 3.59. The van der Waals surface area contributed by atoms with Gasteiger partial charge in [0, 0.05) is 25.6 Å². The smallest absolute Gasteiger partial charge is 0.256 e. The summed E-state index contributed by atoms with van der Waals surface area (Å²) in [6.45, 7) is 3.19. The van der Waals surface area contributed by atoms with Crippen molar-refractivity contribution in [2.24, 2.45) is 0 Å². The van der Waals surface area contributed by atoms with Gasteiger partial charge in [0.05, 0.1) is 23.4 Å². The highest BCUT2D eigenvalue weighted by atomic mass is 19.1. The monoisotopic (exact) mass is 325 g/mol. The van der Waals surface area contributed by atoms with E-state index in [1.807, 2.05) is 6.92 Å². The first-order chi connectivity index (χ1) is 10.8. The van der Waals surface area contributed by atoms with Crippen molar-refractivity contribution in [3.05, 3.63) is 35.4 Å². The minimum atomic E-state index is -0.841. The summed E-state index contributed by atoms with van der Waals surface area (Å²) in [6.07, 6.45) is 2.38. The topological polar surface area (TPSA) is 49.8 Å². The number of ether oxygens (including phenoxy) is 1. The third kappa shape index (κ3) is 3.38. The number of hydrogen-bond acceptors (Lipinski definition) is 3. The predicted molar refractivity (Wildman–Crippen MR) is 80.0 cm³/mol. The Morgan fingerprint density at radius 1 is 1.26 bits per heavy atom. The molecule has 2 aliphatic heterocycles. The number of likely N-dealkylation sites (tertiary alicyclic amines) is 1. The Kier molecular flexibility index (Phi) is 4.14. The van der Waals surface area contributed by atoms with Gasteiger partial charge in [-0.05, 0) is 38.3 Å². The number of nitrogens with zero attached hydrogens (tertiary/aromatic N) is 1. The molecule has 23 heavy (non-hydrogen) atoms. The lowest BCUT2D eigenvalue weighted by atomic mass is 9.78. The van der Waals surface area contributed by atoms with Crippen LogP contribution in [0.4, 0.5) is 8.78 Å². The summed E-state index contributed by atoms with van der Waals surface area (Å²) < 4.78 is 32.6. The molecular weight excluding hydrogens is 304 g/mol. The van der Waals surface area contributed by atoms with E-state index in [1.54, 1.807) is 4.90 Å². The van der Waals surface area contributed by atoms with Crippen molar-refractivity contribution in [3.63, 3.8) is 0 Å². The fraction of sp³-hybridized carbons (Fsp3) is 0.588. The molecule has 0 radical (unpaired) electrons. The van der Waals surface area contributed by atoms with E-state index in [0.717, 1.165) is 12.1 Å². The van der Waals surface area contributed by atoms with Crippen molar-refractivity contribution >= 4 is 5.91 Å². The van der Waals surface area contributed by atoms with Gasteiger partial charge in [0.1, 0.15) is 11.6 Å². The Labute approximate surface area is 134 Å². The average molecular weight is 325 g/mol. The molecule has 2 fully saturated rings. The summed E-state index contributed by atoms with van der Waals surface area (Å²) in [7, 11) is 0. The molecule has 1 spiro atoms. The molecule has 0 aliphatic carbocycles. The molecule has 6 heteroatoms. The summed E-state index contributed by atoms with van der Waals surface area (Å²) in [6, 6.07) is 2.99. The molecule has 0 saturated carbocycles. The zero-order valence-electron chi connectivity index (χ0n) is 13.1. The third-order valence-electron chi connectivity index (χ3n) is 4.88. The first-order valence-corrected chi connectivity index (χ1v) is 7.91. The van der Waals surface area contributed by atoms with Crippen molar-refractivity contribution in [1.82, 2.24) is 4.90 Å². The quantitative estimate of drug-likeness (QED) is 0.863. The molecule has 2 saturated heterocycles. The number of hydrogen-bond donors (Lipinski definition) is 1. The summed E-state index contributed by atoms with van der Waals surface area (Å²) in [5.41, 5.74) is -1.26. The zero-order chi connectivity index (χ0) is 16.7. The molecule has 0 aromatic heterocycles. The molecular formula is C17H21F2NO3. The van der Waals surface area contributed by atoms with Gasteiger partial charge in [0.2, 0.25) is 0 Å². The number of rotatable bonds is 1. The SMILES string of the molecule is CC1(O)CCOC2(CCN(C(=O)c3ccc(F)cc3F)CC2)C1. The van der Waals surface area contributed by atoms with Crippen LogP contribution in [0.5, 0.6) is 0 Å². The van der Waals surface area contributed by atoms with Crippen LogP contribution in [-0.2, 0) is 4.74 Å². The number of halogens is 2. The van der Waals surface area contributed by atoms with Crippen LogP contribution in [0.3, 0.4) is 0 Å². The Morgan fingerprint density at radius 3 is 2.57 bits per heavy atom. The van der Waals surface area contributed by atoms with Crippen molar-refractivity contribution in [3.8, 4) is 0 Å². The van der Waals surface area contributed by atoms with Crippen molar-refractivity contribution in [1.29, 1.82) is 0 Å². The minimum absolute atomic E-state index is 0.112. The van der Waals surface area contributed by atoms with Crippen molar-refractivity contribution in [2.45, 2.75) is 43.8 Å². The number of piperidine rings is 1. The summed E-state index contributed by atoms with van der Waals surface area (Å²) in [5.74, 6) is -1.97. The van der Waals surface area contributed by atoms with Crippen LogP contribution < -0.4 is 0 Å². The van der Waals surface area contributed by atoms with Crippen LogP contribution in [0.15, 0.2) is 18.2 Å². The van der Waals surface area contributed by atoms with E-state index in [1.165, 1.54) is 6.07 Å². The van der Waals surface area contributed by atoms with Crippen LogP contribution in [0, 0.1) is 11.6 Å². The Balaban J connectivity index is 1.68. The first kappa shape index (κ1) is 16.3. The van der Waals surface area contributed by atoms with E-state index in [4.69, 9.17) is 4.74 Å². The molecule has 2 heterocycles. The maximum atomic E-state index is 13.8. The zero-order valence-corrected chi connectivity index (χ0v) is 13.1. The highest BCUT2D eigenvalue weighted by molar-refractivity contribution is 5.94. The molecule has 2 aliphatic rings. The number of carbonyl (C=O) groups is 1. The molecule has 1 N–H and O–H groups in total. The Bertz CT molecular complexity index is 610. The van der Waals surface area contributed by atoms with Gasteiger partial charge < -0.3 is 14.7 Å². The number of aliphatic hydroxyl groups is 1. The lowest BCUT2D eigenvalue weighted by Crippen LogP contribution is -2.54. The molecule has 0 bridgehead atoms. The van der Waals surface area contributed by atoms with E-state index >= 15 is 0 Å². The number of amides is 1. The molecule has 126 valence electrons. The lowest BCUT2D eigenvalue weighted by molar-refractivity contribution is -0.170. The molecule has 1 aromatic carbocycles. The highest BCUT2D eigenvalue weighted by Crippen LogP contribution is 2.39. The molecule has 1 aromatic rings. The maximum absolute atomic E-state index is 13.8. The fourth-order valence-electron chi connectivity index (χ4n) is 3.59. The van der Waals surface area contributed by atoms with Crippen molar-refractivity contribution < 1.29 is 23.4 Å². The van der Waals surface area contributed by atoms with Crippen LogP contribution in [0.2, 0.25) is 0 Å². The van der Waals surface area contributed by atoms with E-state index in [2.05, 4.69) is 0 Å². The molecule has 1 unspecified atom stereocenters. The van der Waals surface area contributed by atoms with Gasteiger partial charge in [-0.25, -0.2) is 8.78 Å². The number of carbonyl (C=O) groups excluding carboxylic acids is 1. The first-order valence-electron chi connectivity index (χ1n) is 7.91. The third-order valence-corrected chi connectivity index (χ3v) is 4.88. The van der Waals surface area contributed by atoms with Gasteiger partial charge in [-0.15, -0.1) is 0 Å². The predicted octanol–water partition coefficient (Wildman–Crippen LogP) is 2.50. The van der Waals surface area contributed by atoms with Gasteiger partial charge in [0.15, 0.2) is 0 Å². The number of benzene rings is 1. The second kappa shape index (κ2) is 5.83. The molecule has 4 nitrogen and oxygen atoms in total. The second-order valence-electron chi connectivity index (χ2n) is 6.87. The Morgan fingerprint density at radius 2 is 1.96 bits per heavy atom. The standard InChI is InChI=1S/C17H21F2NO3/c1-16(22)6-9-23-17(11-16)4-7-20(8-5-17)15(21)13-3-2-12(18)10-14(13)19/h2-3,10,22H,4-9,11H2,1H3. The largest absolute Gasteiger partial charge is 0.390 e. The highest BCUT2D eigenvalue weighted by Gasteiger charge is 2.45. The molecule has 3 rings (SSSR count). The van der Waals surface area contributed by atoms with E-state index in [0.29, 0.717) is 45.4 Å². The summed E-state index contributed by atoms with van der Waals surface area (Å²) >= 11 is 0. The van der Waals surface area contributed by atoms with Gasteiger partial charge in [-0.3, -0.25) is 4.79 Å². The lowest BCUT2D eigenvalue weighted by Gasteiger charge is -2.48.